The fourth-order valence-corrected chi connectivity index (χ4v) is 2.08. The van der Waals surface area contributed by atoms with Gasteiger partial charge in [0.15, 0.2) is 11.5 Å². The van der Waals surface area contributed by atoms with Gasteiger partial charge in [0.2, 0.25) is 0 Å². The highest BCUT2D eigenvalue weighted by atomic mass is 19.1. The Labute approximate surface area is 128 Å². The Kier molecular flexibility index (Phi) is 4.79. The summed E-state index contributed by atoms with van der Waals surface area (Å²) in [6.07, 6.45) is 0. The minimum Gasteiger partial charge on any atom is -0.493 e. The van der Waals surface area contributed by atoms with Crippen molar-refractivity contribution in [3.8, 4) is 17.6 Å². The van der Waals surface area contributed by atoms with Crippen molar-refractivity contribution in [1.82, 2.24) is 4.98 Å². The van der Waals surface area contributed by atoms with Gasteiger partial charge >= 0.3 is 0 Å². The molecule has 22 heavy (non-hydrogen) atoms. The normalized spacial score (nSPS) is 11.4. The molecule has 1 aromatic carbocycles. The molecule has 1 atom stereocenters. The molecule has 114 valence electrons. The van der Waals surface area contributed by atoms with E-state index in [9.17, 15) is 4.39 Å². The number of halogens is 1. The first kappa shape index (κ1) is 15.6. The lowest BCUT2D eigenvalue weighted by Crippen LogP contribution is -2.10. The van der Waals surface area contributed by atoms with Crippen LogP contribution in [0.5, 0.6) is 11.5 Å². The van der Waals surface area contributed by atoms with Gasteiger partial charge in [0, 0.05) is 11.6 Å². The molecule has 0 spiro atoms. The lowest BCUT2D eigenvalue weighted by molar-refractivity contribution is 0.351. The fourth-order valence-electron chi connectivity index (χ4n) is 2.08. The van der Waals surface area contributed by atoms with Crippen molar-refractivity contribution in [3.63, 3.8) is 0 Å². The van der Waals surface area contributed by atoms with Gasteiger partial charge in [0.05, 0.1) is 20.3 Å². The van der Waals surface area contributed by atoms with Gasteiger partial charge in [0.25, 0.3) is 0 Å². The topological polar surface area (TPSA) is 67.2 Å². The zero-order chi connectivity index (χ0) is 16.1. The molecule has 0 saturated carbocycles. The highest BCUT2D eigenvalue weighted by Gasteiger charge is 2.16. The Morgan fingerprint density at radius 1 is 1.23 bits per heavy atom. The predicted octanol–water partition coefficient (Wildman–Crippen LogP) is 3.28. The Balaban J connectivity index is 2.29. The van der Waals surface area contributed by atoms with E-state index in [0.29, 0.717) is 28.6 Å². The Morgan fingerprint density at radius 3 is 2.55 bits per heavy atom. The van der Waals surface area contributed by atoms with Crippen LogP contribution in [-0.4, -0.2) is 19.2 Å². The van der Waals surface area contributed by atoms with Gasteiger partial charge in [-0.25, -0.2) is 9.37 Å². The summed E-state index contributed by atoms with van der Waals surface area (Å²) < 4.78 is 24.5. The summed E-state index contributed by atoms with van der Waals surface area (Å²) >= 11 is 0. The molecule has 0 aliphatic heterocycles. The zero-order valence-corrected chi connectivity index (χ0v) is 12.6. The Hall–Kier alpha value is -2.81. The van der Waals surface area contributed by atoms with Crippen molar-refractivity contribution in [2.75, 3.05) is 19.5 Å². The summed E-state index contributed by atoms with van der Waals surface area (Å²) in [6.45, 7) is 1.80. The number of hydrogen-bond acceptors (Lipinski definition) is 5. The number of anilines is 1. The number of nitrogens with one attached hydrogen (secondary N) is 1. The summed E-state index contributed by atoms with van der Waals surface area (Å²) in [4.78, 5) is 4.11. The molecule has 6 heteroatoms. The first-order chi connectivity index (χ1) is 10.6. The SMILES string of the molecule is COc1cc(F)c(C(C)Nc2cccc(C#N)n2)cc1OC. The number of pyridine rings is 1. The lowest BCUT2D eigenvalue weighted by atomic mass is 10.1. The third-order valence-electron chi connectivity index (χ3n) is 3.20. The number of nitrogens with zero attached hydrogens (tertiary/aromatic N) is 2. The predicted molar refractivity (Wildman–Crippen MR) is 80.5 cm³/mol. The van der Waals surface area contributed by atoms with E-state index >= 15 is 0 Å². The zero-order valence-electron chi connectivity index (χ0n) is 12.6. The van der Waals surface area contributed by atoms with Gasteiger partial charge < -0.3 is 14.8 Å². The largest absolute Gasteiger partial charge is 0.493 e. The molecule has 1 heterocycles. The number of ether oxygens (including phenoxy) is 2. The highest BCUT2D eigenvalue weighted by Crippen LogP contribution is 2.33. The van der Waals surface area contributed by atoms with Crippen molar-refractivity contribution < 1.29 is 13.9 Å². The molecule has 0 bridgehead atoms. The summed E-state index contributed by atoms with van der Waals surface area (Å²) in [5.41, 5.74) is 0.715. The molecular weight excluding hydrogens is 285 g/mol. The van der Waals surface area contributed by atoms with Crippen LogP contribution < -0.4 is 14.8 Å². The second-order valence-electron chi connectivity index (χ2n) is 4.61. The molecule has 1 N–H and O–H groups in total. The molecule has 0 saturated heterocycles. The van der Waals surface area contributed by atoms with E-state index in [2.05, 4.69) is 10.3 Å². The first-order valence-corrected chi connectivity index (χ1v) is 6.64. The summed E-state index contributed by atoms with van der Waals surface area (Å²) in [5, 5.41) is 11.9. The van der Waals surface area contributed by atoms with Crippen molar-refractivity contribution >= 4 is 5.82 Å². The van der Waals surface area contributed by atoms with Crippen LogP contribution in [0.2, 0.25) is 0 Å². The van der Waals surface area contributed by atoms with Crippen LogP contribution in [0.3, 0.4) is 0 Å². The number of methoxy groups -OCH3 is 2. The molecule has 0 fully saturated rings. The maximum Gasteiger partial charge on any atom is 0.163 e. The standard InChI is InChI=1S/C16H16FN3O2/c1-10(19-16-6-4-5-11(9-18)20-16)12-7-14(21-2)15(22-3)8-13(12)17/h4-8,10H,1-3H3,(H,19,20). The van der Waals surface area contributed by atoms with Crippen LogP contribution in [0.4, 0.5) is 10.2 Å². The van der Waals surface area contributed by atoms with E-state index in [1.165, 1.54) is 20.3 Å². The van der Waals surface area contributed by atoms with Crippen LogP contribution in [0.25, 0.3) is 0 Å². The van der Waals surface area contributed by atoms with Gasteiger partial charge in [-0.1, -0.05) is 6.07 Å². The van der Waals surface area contributed by atoms with E-state index in [4.69, 9.17) is 14.7 Å². The molecule has 2 rings (SSSR count). The van der Waals surface area contributed by atoms with Crippen LogP contribution in [0, 0.1) is 17.1 Å². The number of rotatable bonds is 5. The minimum absolute atomic E-state index is 0.296. The Bertz CT molecular complexity index is 713. The molecule has 2 aromatic rings. The average Bonchev–Trinajstić information content (AvgIpc) is 2.54. The van der Waals surface area contributed by atoms with E-state index in [-0.39, 0.29) is 6.04 Å². The van der Waals surface area contributed by atoms with Crippen molar-refractivity contribution in [2.24, 2.45) is 0 Å². The molecule has 1 unspecified atom stereocenters. The molecule has 0 radical (unpaired) electrons. The van der Waals surface area contributed by atoms with Crippen LogP contribution in [0.1, 0.15) is 24.2 Å². The second kappa shape index (κ2) is 6.76. The third kappa shape index (κ3) is 3.26. The summed E-state index contributed by atoms with van der Waals surface area (Å²) in [6, 6.07) is 9.51. The van der Waals surface area contributed by atoms with Gasteiger partial charge in [-0.3, -0.25) is 0 Å². The monoisotopic (exact) mass is 301 g/mol. The second-order valence-corrected chi connectivity index (χ2v) is 4.61. The molecule has 5 nitrogen and oxygen atoms in total. The number of aromatic nitrogens is 1. The molecule has 0 amide bonds. The van der Waals surface area contributed by atoms with Crippen LogP contribution in [-0.2, 0) is 0 Å². The van der Waals surface area contributed by atoms with Gasteiger partial charge in [-0.2, -0.15) is 5.26 Å². The van der Waals surface area contributed by atoms with E-state index in [1.54, 1.807) is 31.2 Å². The lowest BCUT2D eigenvalue weighted by Gasteiger charge is -2.18. The summed E-state index contributed by atoms with van der Waals surface area (Å²) in [7, 11) is 2.95. The van der Waals surface area contributed by atoms with E-state index in [0.717, 1.165) is 0 Å². The number of nitriles is 1. The van der Waals surface area contributed by atoms with Crippen molar-refractivity contribution in [2.45, 2.75) is 13.0 Å². The quantitative estimate of drug-likeness (QED) is 0.918. The maximum atomic E-state index is 14.2. The third-order valence-corrected chi connectivity index (χ3v) is 3.20. The van der Waals surface area contributed by atoms with Gasteiger partial charge in [0.1, 0.15) is 23.4 Å². The van der Waals surface area contributed by atoms with Gasteiger partial charge in [-0.15, -0.1) is 0 Å². The van der Waals surface area contributed by atoms with Crippen LogP contribution >= 0.6 is 0 Å². The molecule has 0 aliphatic rings. The highest BCUT2D eigenvalue weighted by molar-refractivity contribution is 5.47. The van der Waals surface area contributed by atoms with Crippen molar-refractivity contribution in [1.29, 1.82) is 5.26 Å². The Morgan fingerprint density at radius 2 is 1.91 bits per heavy atom. The maximum absolute atomic E-state index is 14.2. The first-order valence-electron chi connectivity index (χ1n) is 6.64. The summed E-state index contributed by atoms with van der Waals surface area (Å²) in [5.74, 6) is 0.877. The smallest absolute Gasteiger partial charge is 0.163 e. The minimum atomic E-state index is -0.408. The average molecular weight is 301 g/mol. The molecule has 0 aliphatic carbocycles. The van der Waals surface area contributed by atoms with Crippen LogP contribution in [0.15, 0.2) is 30.3 Å². The number of benzene rings is 1. The van der Waals surface area contributed by atoms with Crippen molar-refractivity contribution in [3.05, 3.63) is 47.4 Å². The molecular formula is C16H16FN3O2. The van der Waals surface area contributed by atoms with E-state index in [1.807, 2.05) is 6.07 Å². The molecule has 1 aromatic heterocycles. The number of hydrogen-bond donors (Lipinski definition) is 1. The van der Waals surface area contributed by atoms with Gasteiger partial charge in [-0.05, 0) is 25.1 Å². The fraction of sp³-hybridized carbons (Fsp3) is 0.250. The van der Waals surface area contributed by atoms with E-state index < -0.39 is 5.82 Å².